The SMILES string of the molecule is Cc1ccc(C(N)CCc2ccc3c(c2)CCO3)c(C)c1. The summed E-state index contributed by atoms with van der Waals surface area (Å²) >= 11 is 0. The maximum absolute atomic E-state index is 6.38. The van der Waals surface area contributed by atoms with Crippen LogP contribution in [0.15, 0.2) is 36.4 Å². The van der Waals surface area contributed by atoms with Crippen molar-refractivity contribution in [3.05, 3.63) is 64.2 Å². The molecule has 3 rings (SSSR count). The minimum Gasteiger partial charge on any atom is -0.493 e. The molecule has 1 aliphatic rings. The van der Waals surface area contributed by atoms with Crippen LogP contribution in [0, 0.1) is 13.8 Å². The van der Waals surface area contributed by atoms with Gasteiger partial charge in [-0.1, -0.05) is 35.9 Å². The van der Waals surface area contributed by atoms with Gasteiger partial charge in [0.15, 0.2) is 0 Å². The minimum atomic E-state index is 0.107. The summed E-state index contributed by atoms with van der Waals surface area (Å²) in [5, 5.41) is 0. The van der Waals surface area contributed by atoms with Crippen molar-refractivity contribution in [3.8, 4) is 5.75 Å². The third-order valence-corrected chi connectivity index (χ3v) is 4.32. The van der Waals surface area contributed by atoms with E-state index in [4.69, 9.17) is 10.5 Å². The monoisotopic (exact) mass is 281 g/mol. The van der Waals surface area contributed by atoms with Crippen LogP contribution >= 0.6 is 0 Å². The molecule has 0 aromatic heterocycles. The molecule has 0 saturated heterocycles. The first-order valence-corrected chi connectivity index (χ1v) is 7.71. The molecule has 2 N–H and O–H groups in total. The highest BCUT2D eigenvalue weighted by atomic mass is 16.5. The molecule has 1 atom stereocenters. The Morgan fingerprint density at radius 2 is 2.00 bits per heavy atom. The molecule has 2 nitrogen and oxygen atoms in total. The normalized spacial score (nSPS) is 14.6. The number of ether oxygens (including phenoxy) is 1. The van der Waals surface area contributed by atoms with Crippen LogP contribution in [0.25, 0.3) is 0 Å². The Kier molecular flexibility index (Phi) is 3.98. The summed E-state index contributed by atoms with van der Waals surface area (Å²) in [4.78, 5) is 0. The Bertz CT molecular complexity index is 648. The molecular formula is C19H23NO. The van der Waals surface area contributed by atoms with Crippen molar-refractivity contribution in [1.82, 2.24) is 0 Å². The van der Waals surface area contributed by atoms with Crippen molar-refractivity contribution in [2.75, 3.05) is 6.61 Å². The van der Waals surface area contributed by atoms with Gasteiger partial charge in [-0.25, -0.2) is 0 Å². The van der Waals surface area contributed by atoms with Gasteiger partial charge in [0.2, 0.25) is 0 Å². The molecule has 0 saturated carbocycles. The van der Waals surface area contributed by atoms with Crippen molar-refractivity contribution < 1.29 is 4.74 Å². The smallest absolute Gasteiger partial charge is 0.122 e. The van der Waals surface area contributed by atoms with E-state index in [1.807, 2.05) is 0 Å². The minimum absolute atomic E-state index is 0.107. The van der Waals surface area contributed by atoms with Gasteiger partial charge in [-0.15, -0.1) is 0 Å². The van der Waals surface area contributed by atoms with E-state index in [9.17, 15) is 0 Å². The van der Waals surface area contributed by atoms with Gasteiger partial charge in [0.1, 0.15) is 5.75 Å². The maximum Gasteiger partial charge on any atom is 0.122 e. The summed E-state index contributed by atoms with van der Waals surface area (Å²) in [6.45, 7) is 5.09. The van der Waals surface area contributed by atoms with E-state index in [1.54, 1.807) is 0 Å². The van der Waals surface area contributed by atoms with Gasteiger partial charge in [0.05, 0.1) is 6.61 Å². The second-order valence-corrected chi connectivity index (χ2v) is 6.05. The molecule has 2 heteroatoms. The zero-order valence-electron chi connectivity index (χ0n) is 12.9. The van der Waals surface area contributed by atoms with E-state index >= 15 is 0 Å². The van der Waals surface area contributed by atoms with Crippen LogP contribution < -0.4 is 10.5 Å². The average Bonchev–Trinajstić information content (AvgIpc) is 2.92. The van der Waals surface area contributed by atoms with Gasteiger partial charge in [0, 0.05) is 12.5 Å². The first-order valence-electron chi connectivity index (χ1n) is 7.71. The highest BCUT2D eigenvalue weighted by Gasteiger charge is 2.13. The van der Waals surface area contributed by atoms with Crippen LogP contribution in [0.5, 0.6) is 5.75 Å². The van der Waals surface area contributed by atoms with Gasteiger partial charge >= 0.3 is 0 Å². The van der Waals surface area contributed by atoms with Crippen LogP contribution in [0.1, 0.15) is 40.3 Å². The number of nitrogens with two attached hydrogens (primary N) is 1. The number of hydrogen-bond acceptors (Lipinski definition) is 2. The molecule has 0 bridgehead atoms. The summed E-state index contributed by atoms with van der Waals surface area (Å²) in [7, 11) is 0. The van der Waals surface area contributed by atoms with Gasteiger partial charge in [-0.05, 0) is 55.0 Å². The maximum atomic E-state index is 6.38. The fourth-order valence-electron chi connectivity index (χ4n) is 3.11. The van der Waals surface area contributed by atoms with E-state index in [1.165, 1.54) is 27.8 Å². The second kappa shape index (κ2) is 5.90. The molecule has 2 aromatic carbocycles. The lowest BCUT2D eigenvalue weighted by atomic mass is 9.94. The predicted octanol–water partition coefficient (Wildman–Crippen LogP) is 3.87. The van der Waals surface area contributed by atoms with Crippen LogP contribution in [0.4, 0.5) is 0 Å². The predicted molar refractivity (Wildman–Crippen MR) is 86.8 cm³/mol. The molecule has 1 aliphatic heterocycles. The molecule has 21 heavy (non-hydrogen) atoms. The van der Waals surface area contributed by atoms with Crippen LogP contribution in [-0.2, 0) is 12.8 Å². The molecular weight excluding hydrogens is 258 g/mol. The fourth-order valence-corrected chi connectivity index (χ4v) is 3.11. The van der Waals surface area contributed by atoms with Gasteiger partial charge in [0.25, 0.3) is 0 Å². The molecule has 0 radical (unpaired) electrons. The Hall–Kier alpha value is -1.80. The van der Waals surface area contributed by atoms with E-state index < -0.39 is 0 Å². The van der Waals surface area contributed by atoms with Crippen LogP contribution in [-0.4, -0.2) is 6.61 Å². The lowest BCUT2D eigenvalue weighted by molar-refractivity contribution is 0.357. The number of hydrogen-bond donors (Lipinski definition) is 1. The first-order chi connectivity index (χ1) is 10.1. The summed E-state index contributed by atoms with van der Waals surface area (Å²) in [6.07, 6.45) is 3.03. The number of rotatable bonds is 4. The third-order valence-electron chi connectivity index (χ3n) is 4.32. The van der Waals surface area contributed by atoms with Gasteiger partial charge < -0.3 is 10.5 Å². The Balaban J connectivity index is 1.67. The largest absolute Gasteiger partial charge is 0.493 e. The standard InChI is InChI=1S/C19H23NO/c1-13-3-6-17(14(2)11-13)18(20)7-4-15-5-8-19-16(12-15)9-10-21-19/h3,5-6,8,11-12,18H,4,7,9-10,20H2,1-2H3. The average molecular weight is 281 g/mol. The van der Waals surface area contributed by atoms with Crippen molar-refractivity contribution in [1.29, 1.82) is 0 Å². The second-order valence-electron chi connectivity index (χ2n) is 6.05. The molecule has 110 valence electrons. The molecule has 0 fully saturated rings. The molecule has 1 heterocycles. The highest BCUT2D eigenvalue weighted by Crippen LogP contribution is 2.27. The summed E-state index contributed by atoms with van der Waals surface area (Å²) in [5.74, 6) is 1.05. The van der Waals surface area contributed by atoms with Crippen molar-refractivity contribution in [3.63, 3.8) is 0 Å². The van der Waals surface area contributed by atoms with Crippen LogP contribution in [0.3, 0.4) is 0 Å². The van der Waals surface area contributed by atoms with Gasteiger partial charge in [-0.2, -0.15) is 0 Å². The highest BCUT2D eigenvalue weighted by molar-refractivity contribution is 5.40. The first kappa shape index (κ1) is 14.2. The number of fused-ring (bicyclic) bond motifs is 1. The van der Waals surface area contributed by atoms with Gasteiger partial charge in [-0.3, -0.25) is 0 Å². The Morgan fingerprint density at radius 3 is 2.81 bits per heavy atom. The summed E-state index contributed by atoms with van der Waals surface area (Å²) in [6, 6.07) is 13.2. The molecule has 1 unspecified atom stereocenters. The van der Waals surface area contributed by atoms with E-state index in [2.05, 4.69) is 50.2 Å². The van der Waals surface area contributed by atoms with E-state index in [0.717, 1.165) is 31.6 Å². The van der Waals surface area contributed by atoms with E-state index in [-0.39, 0.29) is 6.04 Å². The fraction of sp³-hybridized carbons (Fsp3) is 0.368. The van der Waals surface area contributed by atoms with Crippen molar-refractivity contribution in [2.45, 2.75) is 39.2 Å². The summed E-state index contributed by atoms with van der Waals surface area (Å²) in [5.41, 5.74) is 12.9. The van der Waals surface area contributed by atoms with E-state index in [0.29, 0.717) is 0 Å². The van der Waals surface area contributed by atoms with Crippen molar-refractivity contribution in [2.24, 2.45) is 5.73 Å². The molecule has 0 amide bonds. The number of aryl methyl sites for hydroxylation is 3. The molecule has 0 spiro atoms. The Morgan fingerprint density at radius 1 is 1.14 bits per heavy atom. The third kappa shape index (κ3) is 3.11. The van der Waals surface area contributed by atoms with Crippen LogP contribution in [0.2, 0.25) is 0 Å². The molecule has 2 aromatic rings. The topological polar surface area (TPSA) is 35.2 Å². The van der Waals surface area contributed by atoms with Crippen molar-refractivity contribution >= 4 is 0 Å². The lowest BCUT2D eigenvalue weighted by Gasteiger charge is -2.15. The molecule has 0 aliphatic carbocycles. The Labute approximate surface area is 126 Å². The zero-order chi connectivity index (χ0) is 14.8. The quantitative estimate of drug-likeness (QED) is 0.923. The summed E-state index contributed by atoms with van der Waals surface area (Å²) < 4.78 is 5.55. The lowest BCUT2D eigenvalue weighted by Crippen LogP contribution is -2.13. The number of benzene rings is 2. The zero-order valence-corrected chi connectivity index (χ0v) is 12.9.